The van der Waals surface area contributed by atoms with Crippen LogP contribution in [0.5, 0.6) is 0 Å². The van der Waals surface area contributed by atoms with Crippen LogP contribution < -0.4 is 5.73 Å². The summed E-state index contributed by atoms with van der Waals surface area (Å²) in [7, 11) is 0. The number of nitrogens with two attached hydrogens (primary N) is 1. The van der Waals surface area contributed by atoms with Crippen LogP contribution in [0.25, 0.3) is 0 Å². The lowest BCUT2D eigenvalue weighted by Crippen LogP contribution is -2.39. The first-order valence-electron chi connectivity index (χ1n) is 6.75. The molecule has 0 saturated heterocycles. The molecule has 0 radical (unpaired) electrons. The number of carbonyl (C=O) groups excluding carboxylic acids is 2. The van der Waals surface area contributed by atoms with Gasteiger partial charge in [0.15, 0.2) is 0 Å². The smallest absolute Gasteiger partial charge is 0.325 e. The normalized spacial score (nSPS) is 13.8. The van der Waals surface area contributed by atoms with Gasteiger partial charge in [-0.15, -0.1) is 0 Å². The number of hydrogen-bond acceptors (Lipinski definition) is 5. The molecule has 0 aromatic carbocycles. The standard InChI is InChI=1S/C14H19N3O3/c1-2-20-14(19)9-17(12-5-6-12)13(18)7-11-4-3-10(15)8-16-11/h3-4,8,12H,2,5-7,9,15H2,1H3. The van der Waals surface area contributed by atoms with E-state index in [1.165, 1.54) is 6.20 Å². The van der Waals surface area contributed by atoms with Gasteiger partial charge in [-0.1, -0.05) is 0 Å². The number of anilines is 1. The predicted octanol–water partition coefficient (Wildman–Crippen LogP) is 0.760. The molecule has 1 aromatic heterocycles. The van der Waals surface area contributed by atoms with Crippen molar-refractivity contribution in [1.29, 1.82) is 0 Å². The van der Waals surface area contributed by atoms with Crippen molar-refractivity contribution >= 4 is 17.6 Å². The van der Waals surface area contributed by atoms with Gasteiger partial charge in [0, 0.05) is 11.7 Å². The van der Waals surface area contributed by atoms with Crippen molar-refractivity contribution in [2.45, 2.75) is 32.2 Å². The van der Waals surface area contributed by atoms with Gasteiger partial charge in [-0.2, -0.15) is 0 Å². The number of amides is 1. The second-order valence-electron chi connectivity index (χ2n) is 4.82. The maximum Gasteiger partial charge on any atom is 0.325 e. The highest BCUT2D eigenvalue weighted by Crippen LogP contribution is 2.27. The number of hydrogen-bond donors (Lipinski definition) is 1. The van der Waals surface area contributed by atoms with Crippen LogP contribution in [0.2, 0.25) is 0 Å². The number of rotatable bonds is 6. The zero-order chi connectivity index (χ0) is 14.5. The fraction of sp³-hybridized carbons (Fsp3) is 0.500. The molecule has 1 aromatic rings. The second-order valence-corrected chi connectivity index (χ2v) is 4.82. The summed E-state index contributed by atoms with van der Waals surface area (Å²) in [5.41, 5.74) is 6.77. The fourth-order valence-corrected chi connectivity index (χ4v) is 1.95. The van der Waals surface area contributed by atoms with E-state index in [1.54, 1.807) is 24.0 Å². The molecule has 1 aliphatic rings. The van der Waals surface area contributed by atoms with Crippen molar-refractivity contribution in [3.8, 4) is 0 Å². The summed E-state index contributed by atoms with van der Waals surface area (Å²) >= 11 is 0. The first-order valence-corrected chi connectivity index (χ1v) is 6.75. The molecule has 0 spiro atoms. The van der Waals surface area contributed by atoms with Gasteiger partial charge in [0.2, 0.25) is 5.91 Å². The minimum Gasteiger partial charge on any atom is -0.465 e. The number of pyridine rings is 1. The molecule has 1 heterocycles. The Bertz CT molecular complexity index is 483. The van der Waals surface area contributed by atoms with Crippen molar-refractivity contribution < 1.29 is 14.3 Å². The SMILES string of the molecule is CCOC(=O)CN(C(=O)Cc1ccc(N)cn1)C1CC1. The zero-order valence-electron chi connectivity index (χ0n) is 11.5. The third-order valence-corrected chi connectivity index (χ3v) is 3.09. The Morgan fingerprint density at radius 3 is 2.75 bits per heavy atom. The maximum atomic E-state index is 12.3. The van der Waals surface area contributed by atoms with Gasteiger partial charge >= 0.3 is 5.97 Å². The minimum absolute atomic E-state index is 0.0202. The molecule has 6 heteroatoms. The van der Waals surface area contributed by atoms with Crippen LogP contribution in [-0.2, 0) is 20.7 Å². The van der Waals surface area contributed by atoms with Crippen molar-refractivity contribution in [2.24, 2.45) is 0 Å². The second kappa shape index (κ2) is 6.36. The summed E-state index contributed by atoms with van der Waals surface area (Å²) in [6.07, 6.45) is 3.59. The maximum absolute atomic E-state index is 12.3. The number of nitrogen functional groups attached to an aromatic ring is 1. The predicted molar refractivity (Wildman–Crippen MR) is 73.7 cm³/mol. The third kappa shape index (κ3) is 3.94. The molecule has 108 valence electrons. The molecule has 0 aliphatic heterocycles. The summed E-state index contributed by atoms with van der Waals surface area (Å²) in [5.74, 6) is -0.462. The molecule has 1 aliphatic carbocycles. The minimum atomic E-state index is -0.363. The van der Waals surface area contributed by atoms with Gasteiger partial charge in [-0.3, -0.25) is 14.6 Å². The molecule has 6 nitrogen and oxygen atoms in total. The van der Waals surface area contributed by atoms with Crippen LogP contribution in [0, 0.1) is 0 Å². The molecule has 2 rings (SSSR count). The monoisotopic (exact) mass is 277 g/mol. The fourth-order valence-electron chi connectivity index (χ4n) is 1.95. The molecule has 2 N–H and O–H groups in total. The van der Waals surface area contributed by atoms with E-state index in [0.717, 1.165) is 12.8 Å². The van der Waals surface area contributed by atoms with E-state index in [-0.39, 0.29) is 30.9 Å². The number of aromatic nitrogens is 1. The lowest BCUT2D eigenvalue weighted by atomic mass is 10.2. The van der Waals surface area contributed by atoms with Crippen molar-refractivity contribution in [1.82, 2.24) is 9.88 Å². The molecule has 1 amide bonds. The lowest BCUT2D eigenvalue weighted by Gasteiger charge is -2.21. The van der Waals surface area contributed by atoms with Gasteiger partial charge in [0.1, 0.15) is 6.54 Å². The zero-order valence-corrected chi connectivity index (χ0v) is 11.5. The first kappa shape index (κ1) is 14.3. The van der Waals surface area contributed by atoms with Gasteiger partial charge < -0.3 is 15.4 Å². The summed E-state index contributed by atoms with van der Waals surface area (Å²) in [4.78, 5) is 29.5. The van der Waals surface area contributed by atoms with E-state index in [0.29, 0.717) is 18.0 Å². The van der Waals surface area contributed by atoms with E-state index < -0.39 is 0 Å². The number of carbonyl (C=O) groups is 2. The van der Waals surface area contributed by atoms with E-state index in [9.17, 15) is 9.59 Å². The highest BCUT2D eigenvalue weighted by molar-refractivity contribution is 5.84. The molecular formula is C14H19N3O3. The number of nitrogens with zero attached hydrogens (tertiary/aromatic N) is 2. The largest absolute Gasteiger partial charge is 0.465 e. The summed E-state index contributed by atoms with van der Waals surface area (Å²) in [5, 5.41) is 0. The highest BCUT2D eigenvalue weighted by atomic mass is 16.5. The van der Waals surface area contributed by atoms with Crippen molar-refractivity contribution in [3.63, 3.8) is 0 Å². The van der Waals surface area contributed by atoms with E-state index in [2.05, 4.69) is 4.98 Å². The number of ether oxygens (including phenoxy) is 1. The Balaban J connectivity index is 1.96. The van der Waals surface area contributed by atoms with Gasteiger partial charge in [0.05, 0.1) is 24.9 Å². The van der Waals surface area contributed by atoms with Crippen LogP contribution in [0.3, 0.4) is 0 Å². The average molecular weight is 277 g/mol. The average Bonchev–Trinajstić information content (AvgIpc) is 3.23. The van der Waals surface area contributed by atoms with Gasteiger partial charge in [-0.25, -0.2) is 0 Å². The van der Waals surface area contributed by atoms with Crippen LogP contribution in [0.15, 0.2) is 18.3 Å². The molecular weight excluding hydrogens is 258 g/mol. The van der Waals surface area contributed by atoms with Gasteiger partial charge in [0.25, 0.3) is 0 Å². The molecule has 0 atom stereocenters. The van der Waals surface area contributed by atoms with Crippen LogP contribution >= 0.6 is 0 Å². The quantitative estimate of drug-likeness (QED) is 0.776. The van der Waals surface area contributed by atoms with E-state index >= 15 is 0 Å². The van der Waals surface area contributed by atoms with Crippen molar-refractivity contribution in [2.75, 3.05) is 18.9 Å². The van der Waals surface area contributed by atoms with Crippen LogP contribution in [0.4, 0.5) is 5.69 Å². The Kier molecular flexibility index (Phi) is 4.55. The Hall–Kier alpha value is -2.11. The Labute approximate surface area is 117 Å². The van der Waals surface area contributed by atoms with E-state index in [1.807, 2.05) is 0 Å². The summed E-state index contributed by atoms with van der Waals surface area (Å²) in [6, 6.07) is 3.60. The van der Waals surface area contributed by atoms with Crippen molar-refractivity contribution in [3.05, 3.63) is 24.0 Å². The van der Waals surface area contributed by atoms with Crippen LogP contribution in [-0.4, -0.2) is 41.0 Å². The summed E-state index contributed by atoms with van der Waals surface area (Å²) < 4.78 is 4.90. The molecule has 0 bridgehead atoms. The summed E-state index contributed by atoms with van der Waals surface area (Å²) in [6.45, 7) is 2.09. The lowest BCUT2D eigenvalue weighted by molar-refractivity contribution is -0.149. The van der Waals surface area contributed by atoms with Crippen LogP contribution in [0.1, 0.15) is 25.5 Å². The molecule has 1 saturated carbocycles. The van der Waals surface area contributed by atoms with Gasteiger partial charge in [-0.05, 0) is 31.9 Å². The first-order chi connectivity index (χ1) is 9.60. The Morgan fingerprint density at radius 2 is 2.20 bits per heavy atom. The Morgan fingerprint density at radius 1 is 1.45 bits per heavy atom. The highest BCUT2D eigenvalue weighted by Gasteiger charge is 2.34. The van der Waals surface area contributed by atoms with E-state index in [4.69, 9.17) is 10.5 Å². The topological polar surface area (TPSA) is 85.5 Å². The molecule has 0 unspecified atom stereocenters. The molecule has 20 heavy (non-hydrogen) atoms. The molecule has 1 fully saturated rings. The third-order valence-electron chi connectivity index (χ3n) is 3.09. The number of esters is 1.